The number of benzene rings is 1. The zero-order chi connectivity index (χ0) is 14.5. The van der Waals surface area contributed by atoms with Gasteiger partial charge in [0, 0.05) is 5.02 Å². The van der Waals surface area contributed by atoms with Gasteiger partial charge in [-0.15, -0.1) is 0 Å². The average molecular weight is 297 g/mol. The van der Waals surface area contributed by atoms with Crippen molar-refractivity contribution in [1.82, 2.24) is 0 Å². The number of amides is 1. The summed E-state index contributed by atoms with van der Waals surface area (Å²) in [6.45, 7) is 2.41. The number of nitrogen functional groups attached to an aromatic ring is 1. The normalized spacial score (nSPS) is 17.1. The lowest BCUT2D eigenvalue weighted by Crippen LogP contribution is -2.29. The third-order valence-electron chi connectivity index (χ3n) is 3.70. The van der Waals surface area contributed by atoms with E-state index in [1.165, 1.54) is 25.7 Å². The van der Waals surface area contributed by atoms with Gasteiger partial charge in [-0.25, -0.2) is 0 Å². The second kappa shape index (κ2) is 6.95. The Kier molecular flexibility index (Phi) is 5.26. The fourth-order valence-corrected chi connectivity index (χ4v) is 2.58. The highest BCUT2D eigenvalue weighted by atomic mass is 35.5. The number of ether oxygens (including phenoxy) is 1. The van der Waals surface area contributed by atoms with E-state index in [-0.39, 0.29) is 5.91 Å². The molecule has 3 N–H and O–H groups in total. The number of anilines is 2. The lowest BCUT2D eigenvalue weighted by Gasteiger charge is -2.17. The van der Waals surface area contributed by atoms with Crippen LogP contribution in [0.1, 0.15) is 32.6 Å². The Morgan fingerprint density at radius 3 is 2.90 bits per heavy atom. The van der Waals surface area contributed by atoms with E-state index in [9.17, 15) is 4.79 Å². The maximum Gasteiger partial charge on any atom is 0.253 e. The molecule has 4 nitrogen and oxygen atoms in total. The van der Waals surface area contributed by atoms with Gasteiger partial charge in [0.1, 0.15) is 6.10 Å². The molecule has 1 aromatic rings. The molecule has 1 amide bonds. The first kappa shape index (κ1) is 15.1. The largest absolute Gasteiger partial charge is 0.397 e. The summed E-state index contributed by atoms with van der Waals surface area (Å²) in [5.74, 6) is 0.401. The van der Waals surface area contributed by atoms with E-state index < -0.39 is 6.10 Å². The van der Waals surface area contributed by atoms with Crippen LogP contribution in [-0.2, 0) is 9.53 Å². The molecule has 1 atom stereocenters. The summed E-state index contributed by atoms with van der Waals surface area (Å²) in [4.78, 5) is 12.0. The number of halogens is 1. The molecule has 110 valence electrons. The third kappa shape index (κ3) is 4.12. The van der Waals surface area contributed by atoms with Crippen molar-refractivity contribution in [2.24, 2.45) is 5.92 Å². The molecule has 1 saturated carbocycles. The molecule has 0 saturated heterocycles. The SMILES string of the molecule is CC(OCC1CCCC1)C(=O)Nc1cc(Cl)ccc1N. The van der Waals surface area contributed by atoms with E-state index in [0.717, 1.165) is 0 Å². The molecule has 5 heteroatoms. The quantitative estimate of drug-likeness (QED) is 0.818. The Hall–Kier alpha value is -1.26. The molecule has 2 rings (SSSR count). The second-order valence-electron chi connectivity index (χ2n) is 5.35. The Labute approximate surface area is 124 Å². The van der Waals surface area contributed by atoms with Gasteiger partial charge in [0.25, 0.3) is 5.91 Å². The number of carbonyl (C=O) groups excluding carboxylic acids is 1. The minimum Gasteiger partial charge on any atom is -0.397 e. The molecule has 0 aromatic heterocycles. The number of hydrogen-bond acceptors (Lipinski definition) is 3. The first-order valence-electron chi connectivity index (χ1n) is 7.03. The number of carbonyl (C=O) groups is 1. The van der Waals surface area contributed by atoms with Gasteiger partial charge in [-0.2, -0.15) is 0 Å². The fraction of sp³-hybridized carbons (Fsp3) is 0.533. The lowest BCUT2D eigenvalue weighted by atomic mass is 10.1. The highest BCUT2D eigenvalue weighted by Gasteiger charge is 2.19. The van der Waals surface area contributed by atoms with Crippen molar-refractivity contribution in [2.45, 2.75) is 38.7 Å². The van der Waals surface area contributed by atoms with Crippen LogP contribution in [0, 0.1) is 5.92 Å². The number of hydrogen-bond donors (Lipinski definition) is 2. The van der Waals surface area contributed by atoms with Crippen LogP contribution in [-0.4, -0.2) is 18.6 Å². The van der Waals surface area contributed by atoms with Crippen LogP contribution in [0.15, 0.2) is 18.2 Å². The molecular formula is C15H21ClN2O2. The summed E-state index contributed by atoms with van der Waals surface area (Å²) < 4.78 is 5.64. The summed E-state index contributed by atoms with van der Waals surface area (Å²) >= 11 is 5.89. The molecular weight excluding hydrogens is 276 g/mol. The highest BCUT2D eigenvalue weighted by Crippen LogP contribution is 2.26. The number of nitrogens with two attached hydrogens (primary N) is 1. The predicted molar refractivity (Wildman–Crippen MR) is 81.9 cm³/mol. The zero-order valence-corrected chi connectivity index (χ0v) is 12.5. The van der Waals surface area contributed by atoms with Crippen molar-refractivity contribution < 1.29 is 9.53 Å². The molecule has 0 radical (unpaired) electrons. The standard InChI is InChI=1S/C15H21ClN2O2/c1-10(20-9-11-4-2-3-5-11)15(19)18-14-8-12(16)6-7-13(14)17/h6-8,10-11H,2-5,9,17H2,1H3,(H,18,19). The van der Waals surface area contributed by atoms with Crippen molar-refractivity contribution in [3.05, 3.63) is 23.2 Å². The van der Waals surface area contributed by atoms with Gasteiger partial charge < -0.3 is 15.8 Å². The van der Waals surface area contributed by atoms with Gasteiger partial charge in [-0.3, -0.25) is 4.79 Å². The molecule has 20 heavy (non-hydrogen) atoms. The molecule has 1 aromatic carbocycles. The van der Waals surface area contributed by atoms with Gasteiger partial charge >= 0.3 is 0 Å². The third-order valence-corrected chi connectivity index (χ3v) is 3.93. The van der Waals surface area contributed by atoms with Crippen LogP contribution in [0.25, 0.3) is 0 Å². The van der Waals surface area contributed by atoms with Gasteiger partial charge in [0.2, 0.25) is 0 Å². The minimum absolute atomic E-state index is 0.197. The van der Waals surface area contributed by atoms with E-state index in [0.29, 0.717) is 28.9 Å². The lowest BCUT2D eigenvalue weighted by molar-refractivity contribution is -0.127. The zero-order valence-electron chi connectivity index (χ0n) is 11.7. The highest BCUT2D eigenvalue weighted by molar-refractivity contribution is 6.31. The second-order valence-corrected chi connectivity index (χ2v) is 5.78. The Bertz CT molecular complexity index is 473. The van der Waals surface area contributed by atoms with E-state index in [1.54, 1.807) is 25.1 Å². The summed E-state index contributed by atoms with van der Waals surface area (Å²) in [5, 5.41) is 3.29. The molecule has 1 aliphatic rings. The van der Waals surface area contributed by atoms with Gasteiger partial charge in [-0.1, -0.05) is 24.4 Å². The van der Waals surface area contributed by atoms with Crippen LogP contribution >= 0.6 is 11.6 Å². The van der Waals surface area contributed by atoms with Crippen LogP contribution < -0.4 is 11.1 Å². The summed E-state index contributed by atoms with van der Waals surface area (Å²) in [6, 6.07) is 4.99. The molecule has 0 spiro atoms. The maximum absolute atomic E-state index is 12.0. The maximum atomic E-state index is 12.0. The summed E-state index contributed by atoms with van der Waals surface area (Å²) in [5.41, 5.74) is 6.82. The van der Waals surface area contributed by atoms with Crippen LogP contribution in [0.5, 0.6) is 0 Å². The van der Waals surface area contributed by atoms with Crippen molar-refractivity contribution in [1.29, 1.82) is 0 Å². The van der Waals surface area contributed by atoms with E-state index in [1.807, 2.05) is 0 Å². The van der Waals surface area contributed by atoms with E-state index in [2.05, 4.69) is 5.32 Å². The van der Waals surface area contributed by atoms with Crippen molar-refractivity contribution >= 4 is 28.9 Å². The Morgan fingerprint density at radius 1 is 1.50 bits per heavy atom. The minimum atomic E-state index is -0.492. The number of nitrogens with one attached hydrogen (secondary N) is 1. The van der Waals surface area contributed by atoms with Crippen molar-refractivity contribution in [2.75, 3.05) is 17.7 Å². The van der Waals surface area contributed by atoms with Crippen LogP contribution in [0.2, 0.25) is 5.02 Å². The van der Waals surface area contributed by atoms with E-state index in [4.69, 9.17) is 22.1 Å². The van der Waals surface area contributed by atoms with Crippen LogP contribution in [0.4, 0.5) is 11.4 Å². The van der Waals surface area contributed by atoms with Gasteiger partial charge in [-0.05, 0) is 43.9 Å². The monoisotopic (exact) mass is 296 g/mol. The van der Waals surface area contributed by atoms with Crippen molar-refractivity contribution in [3.63, 3.8) is 0 Å². The summed E-state index contributed by atoms with van der Waals surface area (Å²) in [6.07, 6.45) is 4.46. The average Bonchev–Trinajstić information content (AvgIpc) is 2.93. The first-order valence-corrected chi connectivity index (χ1v) is 7.41. The van der Waals surface area contributed by atoms with Crippen molar-refractivity contribution in [3.8, 4) is 0 Å². The van der Waals surface area contributed by atoms with Crippen LogP contribution in [0.3, 0.4) is 0 Å². The predicted octanol–water partition coefficient (Wildman–Crippen LogP) is 3.46. The first-order chi connectivity index (χ1) is 9.56. The molecule has 1 aliphatic carbocycles. The Morgan fingerprint density at radius 2 is 2.20 bits per heavy atom. The number of rotatable bonds is 5. The molecule has 0 heterocycles. The molecule has 0 aliphatic heterocycles. The smallest absolute Gasteiger partial charge is 0.253 e. The molecule has 1 unspecified atom stereocenters. The Balaban J connectivity index is 1.85. The fourth-order valence-electron chi connectivity index (χ4n) is 2.40. The van der Waals surface area contributed by atoms with Gasteiger partial charge in [0.05, 0.1) is 18.0 Å². The molecule has 1 fully saturated rings. The van der Waals surface area contributed by atoms with Gasteiger partial charge in [0.15, 0.2) is 0 Å². The topological polar surface area (TPSA) is 64.3 Å². The summed E-state index contributed by atoms with van der Waals surface area (Å²) in [7, 11) is 0. The van der Waals surface area contributed by atoms with E-state index >= 15 is 0 Å². The molecule has 0 bridgehead atoms.